The molecule has 1 atom stereocenters. The molecule has 1 fully saturated rings. The summed E-state index contributed by atoms with van der Waals surface area (Å²) in [5.41, 5.74) is 0.597. The first-order valence-electron chi connectivity index (χ1n) is 6.08. The zero-order valence-electron chi connectivity index (χ0n) is 9.88. The van der Waals surface area contributed by atoms with Crippen LogP contribution in [0.2, 0.25) is 0 Å². The van der Waals surface area contributed by atoms with E-state index in [1.54, 1.807) is 12.1 Å². The van der Waals surface area contributed by atoms with Crippen molar-refractivity contribution in [3.63, 3.8) is 0 Å². The third-order valence-electron chi connectivity index (χ3n) is 3.29. The van der Waals surface area contributed by atoms with Gasteiger partial charge in [0.1, 0.15) is 18.0 Å². The Hall–Kier alpha value is -1.75. The van der Waals surface area contributed by atoms with Gasteiger partial charge in [-0.2, -0.15) is 0 Å². The average molecular weight is 247 g/mol. The summed E-state index contributed by atoms with van der Waals surface area (Å²) >= 11 is 0. The van der Waals surface area contributed by atoms with Crippen molar-refractivity contribution < 1.29 is 9.50 Å². The Morgan fingerprint density at radius 2 is 2.22 bits per heavy atom. The Morgan fingerprint density at radius 1 is 1.33 bits per heavy atom. The van der Waals surface area contributed by atoms with E-state index in [1.807, 2.05) is 4.90 Å². The predicted molar refractivity (Wildman–Crippen MR) is 66.9 cm³/mol. The summed E-state index contributed by atoms with van der Waals surface area (Å²) in [6.07, 6.45) is 2.76. The van der Waals surface area contributed by atoms with Crippen LogP contribution >= 0.6 is 0 Å². The number of β-amino-alcohol motifs (C(OH)–C–C–N with tert-alkyl or cyclic N) is 1. The number of hydrogen-bond donors (Lipinski definition) is 1. The molecule has 0 radical (unpaired) electrons. The maximum atomic E-state index is 13.9. The van der Waals surface area contributed by atoms with Crippen LogP contribution in [0, 0.1) is 5.82 Å². The minimum absolute atomic E-state index is 0.317. The molecule has 4 nitrogen and oxygen atoms in total. The van der Waals surface area contributed by atoms with Gasteiger partial charge in [0.25, 0.3) is 0 Å². The van der Waals surface area contributed by atoms with E-state index in [2.05, 4.69) is 9.97 Å². The fourth-order valence-corrected chi connectivity index (χ4v) is 2.44. The minimum Gasteiger partial charge on any atom is -0.391 e. The van der Waals surface area contributed by atoms with Crippen LogP contribution in [0.1, 0.15) is 12.8 Å². The number of anilines is 1. The highest BCUT2D eigenvalue weighted by Crippen LogP contribution is 2.27. The molecule has 0 aliphatic carbocycles. The number of aliphatic hydroxyl groups excluding tert-OH is 1. The van der Waals surface area contributed by atoms with Crippen molar-refractivity contribution in [3.8, 4) is 0 Å². The molecule has 0 spiro atoms. The van der Waals surface area contributed by atoms with E-state index in [-0.39, 0.29) is 11.9 Å². The van der Waals surface area contributed by atoms with E-state index in [0.717, 1.165) is 19.4 Å². The van der Waals surface area contributed by atoms with E-state index in [9.17, 15) is 9.50 Å². The summed E-state index contributed by atoms with van der Waals surface area (Å²) in [6.45, 7) is 1.29. The van der Waals surface area contributed by atoms with E-state index in [1.165, 1.54) is 12.4 Å². The van der Waals surface area contributed by atoms with Crippen molar-refractivity contribution in [2.45, 2.75) is 18.9 Å². The van der Waals surface area contributed by atoms with E-state index in [4.69, 9.17) is 0 Å². The summed E-state index contributed by atoms with van der Waals surface area (Å²) in [7, 11) is 0. The summed E-state index contributed by atoms with van der Waals surface area (Å²) < 4.78 is 13.9. The molecular formula is C13H14FN3O. The maximum absolute atomic E-state index is 13.9. The summed E-state index contributed by atoms with van der Waals surface area (Å²) in [4.78, 5) is 10.2. The van der Waals surface area contributed by atoms with Crippen LogP contribution in [0.15, 0.2) is 24.5 Å². The third kappa shape index (κ3) is 1.90. The number of rotatable bonds is 1. The Labute approximate surface area is 104 Å². The molecule has 0 bridgehead atoms. The summed E-state index contributed by atoms with van der Waals surface area (Å²) in [6, 6.07) is 4.82. The second kappa shape index (κ2) is 4.49. The molecule has 3 rings (SSSR count). The number of halogens is 1. The molecule has 94 valence electrons. The number of aromatic nitrogens is 2. The van der Waals surface area contributed by atoms with Crippen LogP contribution in [0.5, 0.6) is 0 Å². The fourth-order valence-electron chi connectivity index (χ4n) is 2.44. The molecule has 1 aromatic carbocycles. The molecule has 0 saturated carbocycles. The highest BCUT2D eigenvalue weighted by atomic mass is 19.1. The highest BCUT2D eigenvalue weighted by Gasteiger charge is 2.21. The van der Waals surface area contributed by atoms with Gasteiger partial charge in [-0.15, -0.1) is 0 Å². The Morgan fingerprint density at radius 3 is 3.06 bits per heavy atom. The van der Waals surface area contributed by atoms with E-state index in [0.29, 0.717) is 23.3 Å². The van der Waals surface area contributed by atoms with Crippen molar-refractivity contribution in [2.24, 2.45) is 0 Å². The Kier molecular flexibility index (Phi) is 2.83. The van der Waals surface area contributed by atoms with Crippen LogP contribution in [-0.4, -0.2) is 34.3 Å². The van der Waals surface area contributed by atoms with Crippen LogP contribution in [0.3, 0.4) is 0 Å². The lowest BCUT2D eigenvalue weighted by atomic mass is 10.1. The van der Waals surface area contributed by atoms with Crippen LogP contribution in [0.4, 0.5) is 10.2 Å². The van der Waals surface area contributed by atoms with Gasteiger partial charge in [-0.25, -0.2) is 14.4 Å². The van der Waals surface area contributed by atoms with Gasteiger partial charge in [0, 0.05) is 13.1 Å². The predicted octanol–water partition coefficient (Wildman–Crippen LogP) is 1.73. The molecule has 0 amide bonds. The molecule has 1 aromatic heterocycles. The standard InChI is InChI=1S/C13H14FN3O/c14-10-4-1-5-11-12(10)13(16-8-15-11)17-6-2-3-9(18)7-17/h1,4-5,8-9,18H,2-3,6-7H2/t9-/m1/s1. The van der Waals surface area contributed by atoms with Gasteiger partial charge in [0.2, 0.25) is 0 Å². The Balaban J connectivity index is 2.11. The van der Waals surface area contributed by atoms with Crippen LogP contribution < -0.4 is 4.90 Å². The van der Waals surface area contributed by atoms with Gasteiger partial charge in [0.05, 0.1) is 17.0 Å². The van der Waals surface area contributed by atoms with Gasteiger partial charge in [-0.1, -0.05) is 6.07 Å². The minimum atomic E-state index is -0.365. The number of hydrogen-bond acceptors (Lipinski definition) is 4. The fraction of sp³-hybridized carbons (Fsp3) is 0.385. The first-order chi connectivity index (χ1) is 8.75. The number of benzene rings is 1. The maximum Gasteiger partial charge on any atom is 0.142 e. The van der Waals surface area contributed by atoms with Crippen molar-refractivity contribution in [2.75, 3.05) is 18.0 Å². The number of piperidine rings is 1. The van der Waals surface area contributed by atoms with E-state index >= 15 is 0 Å². The lowest BCUT2D eigenvalue weighted by molar-refractivity contribution is 0.154. The van der Waals surface area contributed by atoms with Crippen molar-refractivity contribution >= 4 is 16.7 Å². The molecule has 18 heavy (non-hydrogen) atoms. The Bertz CT molecular complexity index is 570. The summed E-state index contributed by atoms with van der Waals surface area (Å²) in [5, 5.41) is 10.1. The highest BCUT2D eigenvalue weighted by molar-refractivity contribution is 5.89. The zero-order valence-corrected chi connectivity index (χ0v) is 9.88. The monoisotopic (exact) mass is 247 g/mol. The zero-order chi connectivity index (χ0) is 12.5. The van der Waals surface area contributed by atoms with Crippen LogP contribution in [-0.2, 0) is 0 Å². The quantitative estimate of drug-likeness (QED) is 0.833. The van der Waals surface area contributed by atoms with Gasteiger partial charge >= 0.3 is 0 Å². The molecule has 1 aliphatic rings. The van der Waals surface area contributed by atoms with Gasteiger partial charge in [-0.05, 0) is 25.0 Å². The molecule has 2 heterocycles. The molecule has 0 unspecified atom stereocenters. The molecule has 1 aliphatic heterocycles. The smallest absolute Gasteiger partial charge is 0.142 e. The molecule has 1 saturated heterocycles. The molecule has 5 heteroatoms. The number of nitrogens with zero attached hydrogens (tertiary/aromatic N) is 3. The lowest BCUT2D eigenvalue weighted by Crippen LogP contribution is -2.38. The van der Waals surface area contributed by atoms with Gasteiger partial charge in [-0.3, -0.25) is 0 Å². The largest absolute Gasteiger partial charge is 0.391 e. The van der Waals surface area contributed by atoms with Gasteiger partial charge < -0.3 is 10.0 Å². The molecular weight excluding hydrogens is 233 g/mol. The average Bonchev–Trinajstić information content (AvgIpc) is 2.38. The SMILES string of the molecule is O[C@@H]1CCCN(c2ncnc3cccc(F)c23)C1. The molecule has 1 N–H and O–H groups in total. The van der Waals surface area contributed by atoms with Crippen molar-refractivity contribution in [1.82, 2.24) is 9.97 Å². The number of fused-ring (bicyclic) bond motifs is 1. The lowest BCUT2D eigenvalue weighted by Gasteiger charge is -2.31. The topological polar surface area (TPSA) is 49.2 Å². The first kappa shape index (κ1) is 11.3. The third-order valence-corrected chi connectivity index (χ3v) is 3.29. The van der Waals surface area contributed by atoms with Crippen molar-refractivity contribution in [3.05, 3.63) is 30.3 Å². The second-order valence-corrected chi connectivity index (χ2v) is 4.57. The van der Waals surface area contributed by atoms with E-state index < -0.39 is 0 Å². The molecule has 2 aromatic rings. The van der Waals surface area contributed by atoms with Crippen molar-refractivity contribution in [1.29, 1.82) is 0 Å². The normalized spacial score (nSPS) is 20.3. The van der Waals surface area contributed by atoms with Crippen LogP contribution in [0.25, 0.3) is 10.9 Å². The summed E-state index contributed by atoms with van der Waals surface area (Å²) in [5.74, 6) is 0.264. The first-order valence-corrected chi connectivity index (χ1v) is 6.08. The second-order valence-electron chi connectivity index (χ2n) is 4.57. The van der Waals surface area contributed by atoms with Gasteiger partial charge in [0.15, 0.2) is 0 Å². The number of aliphatic hydroxyl groups is 1.